The van der Waals surface area contributed by atoms with Gasteiger partial charge in [-0.15, -0.1) is 5.10 Å². The highest BCUT2D eigenvalue weighted by Gasteiger charge is 2.24. The van der Waals surface area contributed by atoms with Gasteiger partial charge < -0.3 is 14.4 Å². The maximum atomic E-state index is 13.0. The number of hydrogen-bond donors (Lipinski definition) is 0. The maximum Gasteiger partial charge on any atom is 0.213 e. The molecule has 148 valence electrons. The van der Waals surface area contributed by atoms with Crippen LogP contribution in [0, 0.1) is 13.8 Å². The monoisotopic (exact) mass is 385 g/mol. The van der Waals surface area contributed by atoms with Gasteiger partial charge in [-0.1, -0.05) is 0 Å². The molecule has 4 rings (SSSR count). The normalized spacial score (nSPS) is 15.2. The highest BCUT2D eigenvalue weighted by atomic mass is 19.1. The van der Waals surface area contributed by atoms with Gasteiger partial charge >= 0.3 is 0 Å². The van der Waals surface area contributed by atoms with Gasteiger partial charge in [-0.05, 0) is 19.9 Å². The zero-order chi connectivity index (χ0) is 19.7. The standard InChI is InChI=1S/C20H24FN5O2/c1-13-14(2)20(24-26-12-15(10-21)23-19(13)26)25-8-6-16(7-9-25)28-17-4-5-18(27-3)22-11-17/h4-5,11-12,16H,6-10H2,1-3H3. The second kappa shape index (κ2) is 7.61. The number of halogens is 1. The van der Waals surface area contributed by atoms with E-state index in [0.717, 1.165) is 54.3 Å². The van der Waals surface area contributed by atoms with Gasteiger partial charge in [0.15, 0.2) is 11.5 Å². The summed E-state index contributed by atoms with van der Waals surface area (Å²) in [5.74, 6) is 2.25. The minimum Gasteiger partial charge on any atom is -0.489 e. The Morgan fingerprint density at radius 2 is 1.96 bits per heavy atom. The molecule has 0 aromatic carbocycles. The van der Waals surface area contributed by atoms with Crippen LogP contribution >= 0.6 is 0 Å². The van der Waals surface area contributed by atoms with Gasteiger partial charge in [0.2, 0.25) is 5.88 Å². The third-order valence-electron chi connectivity index (χ3n) is 5.27. The summed E-state index contributed by atoms with van der Waals surface area (Å²) in [4.78, 5) is 10.8. The third kappa shape index (κ3) is 3.46. The number of piperidine rings is 1. The molecule has 0 bridgehead atoms. The van der Waals surface area contributed by atoms with Gasteiger partial charge in [-0.25, -0.2) is 18.9 Å². The SMILES string of the molecule is COc1ccc(OC2CCN(c3nn4cc(CF)nc4c(C)c3C)CC2)cn1. The zero-order valence-corrected chi connectivity index (χ0v) is 16.4. The number of pyridine rings is 1. The van der Waals surface area contributed by atoms with Gasteiger partial charge in [0, 0.05) is 43.1 Å². The second-order valence-electron chi connectivity index (χ2n) is 7.05. The van der Waals surface area contributed by atoms with Gasteiger partial charge in [-0.2, -0.15) is 0 Å². The number of aryl methyl sites for hydroxylation is 1. The fraction of sp³-hybridized carbons (Fsp3) is 0.450. The summed E-state index contributed by atoms with van der Waals surface area (Å²) in [5, 5.41) is 4.70. The molecule has 8 heteroatoms. The Bertz CT molecular complexity index is 965. The van der Waals surface area contributed by atoms with Crippen LogP contribution < -0.4 is 14.4 Å². The van der Waals surface area contributed by atoms with Crippen LogP contribution in [0.3, 0.4) is 0 Å². The number of ether oxygens (including phenoxy) is 2. The summed E-state index contributed by atoms with van der Waals surface area (Å²) in [6.45, 7) is 5.17. The molecule has 0 spiro atoms. The Morgan fingerprint density at radius 3 is 2.61 bits per heavy atom. The zero-order valence-electron chi connectivity index (χ0n) is 16.4. The molecule has 1 fully saturated rings. The molecule has 0 unspecified atom stereocenters. The van der Waals surface area contributed by atoms with Gasteiger partial charge in [-0.3, -0.25) is 0 Å². The number of fused-ring (bicyclic) bond motifs is 1. The Balaban J connectivity index is 1.46. The van der Waals surface area contributed by atoms with E-state index in [4.69, 9.17) is 14.6 Å². The van der Waals surface area contributed by atoms with Gasteiger partial charge in [0.05, 0.1) is 25.2 Å². The average Bonchev–Trinajstić information content (AvgIpc) is 3.15. The molecule has 0 radical (unpaired) electrons. The van der Waals surface area contributed by atoms with Crippen molar-refractivity contribution in [3.63, 3.8) is 0 Å². The van der Waals surface area contributed by atoms with Crippen LogP contribution in [0.2, 0.25) is 0 Å². The summed E-state index contributed by atoms with van der Waals surface area (Å²) in [6, 6.07) is 3.68. The van der Waals surface area contributed by atoms with Crippen LogP contribution in [-0.4, -0.2) is 45.9 Å². The van der Waals surface area contributed by atoms with E-state index in [2.05, 4.69) is 14.9 Å². The lowest BCUT2D eigenvalue weighted by Gasteiger charge is -2.33. The summed E-state index contributed by atoms with van der Waals surface area (Å²) < 4.78 is 25.8. The molecule has 7 nitrogen and oxygen atoms in total. The number of methoxy groups -OCH3 is 1. The first-order valence-corrected chi connectivity index (χ1v) is 9.42. The predicted molar refractivity (Wildman–Crippen MR) is 104 cm³/mol. The third-order valence-corrected chi connectivity index (χ3v) is 5.27. The lowest BCUT2D eigenvalue weighted by molar-refractivity contribution is 0.169. The van der Waals surface area contributed by atoms with Crippen molar-refractivity contribution >= 4 is 11.5 Å². The molecular weight excluding hydrogens is 361 g/mol. The van der Waals surface area contributed by atoms with Crippen LogP contribution in [0.5, 0.6) is 11.6 Å². The van der Waals surface area contributed by atoms with Crippen molar-refractivity contribution in [3.8, 4) is 11.6 Å². The molecule has 1 saturated heterocycles. The fourth-order valence-electron chi connectivity index (χ4n) is 3.56. The van der Waals surface area contributed by atoms with E-state index in [-0.39, 0.29) is 6.10 Å². The molecule has 0 amide bonds. The Hall–Kier alpha value is -2.90. The quantitative estimate of drug-likeness (QED) is 0.672. The lowest BCUT2D eigenvalue weighted by atomic mass is 10.1. The molecule has 0 saturated carbocycles. The van der Waals surface area contributed by atoms with Crippen LogP contribution in [0.15, 0.2) is 24.5 Å². The summed E-state index contributed by atoms with van der Waals surface area (Å²) in [7, 11) is 1.59. The first kappa shape index (κ1) is 18.5. The van der Waals surface area contributed by atoms with E-state index < -0.39 is 6.67 Å². The molecule has 1 aliphatic rings. The molecule has 0 N–H and O–H groups in total. The van der Waals surface area contributed by atoms with Crippen molar-refractivity contribution in [1.82, 2.24) is 19.6 Å². The number of nitrogens with zero attached hydrogens (tertiary/aromatic N) is 5. The largest absolute Gasteiger partial charge is 0.489 e. The van der Waals surface area contributed by atoms with Crippen LogP contribution in [0.4, 0.5) is 10.2 Å². The van der Waals surface area contributed by atoms with E-state index in [1.54, 1.807) is 30.1 Å². The van der Waals surface area contributed by atoms with E-state index >= 15 is 0 Å². The first-order chi connectivity index (χ1) is 13.6. The highest BCUT2D eigenvalue weighted by Crippen LogP contribution is 2.27. The Labute approximate surface area is 163 Å². The fourth-order valence-corrected chi connectivity index (χ4v) is 3.56. The molecule has 0 atom stereocenters. The van der Waals surface area contributed by atoms with Gasteiger partial charge in [0.25, 0.3) is 0 Å². The van der Waals surface area contributed by atoms with E-state index in [0.29, 0.717) is 11.6 Å². The van der Waals surface area contributed by atoms with Crippen LogP contribution in [0.25, 0.3) is 5.65 Å². The van der Waals surface area contributed by atoms with Crippen molar-refractivity contribution in [3.05, 3.63) is 41.3 Å². The summed E-state index contributed by atoms with van der Waals surface area (Å²) >= 11 is 0. The van der Waals surface area contributed by atoms with Crippen LogP contribution in [-0.2, 0) is 6.67 Å². The minimum absolute atomic E-state index is 0.142. The van der Waals surface area contributed by atoms with E-state index in [1.165, 1.54) is 0 Å². The topological polar surface area (TPSA) is 64.8 Å². The molecule has 3 aromatic heterocycles. The number of hydrogen-bond acceptors (Lipinski definition) is 6. The van der Waals surface area contributed by atoms with Gasteiger partial charge in [0.1, 0.15) is 18.5 Å². The van der Waals surface area contributed by atoms with E-state index in [9.17, 15) is 4.39 Å². The van der Waals surface area contributed by atoms with Crippen molar-refractivity contribution in [2.24, 2.45) is 0 Å². The molecule has 4 heterocycles. The Kier molecular flexibility index (Phi) is 5.02. The van der Waals surface area contributed by atoms with Crippen LogP contribution in [0.1, 0.15) is 29.7 Å². The van der Waals surface area contributed by atoms with Crippen molar-refractivity contribution in [2.75, 3.05) is 25.1 Å². The minimum atomic E-state index is -0.583. The number of alkyl halides is 1. The van der Waals surface area contributed by atoms with Crippen molar-refractivity contribution in [2.45, 2.75) is 39.5 Å². The molecule has 3 aromatic rings. The van der Waals surface area contributed by atoms with E-state index in [1.807, 2.05) is 19.9 Å². The number of imidazole rings is 1. The first-order valence-electron chi connectivity index (χ1n) is 9.42. The molecule has 0 aliphatic carbocycles. The maximum absolute atomic E-state index is 13.0. The number of aromatic nitrogens is 4. The smallest absolute Gasteiger partial charge is 0.213 e. The predicted octanol–water partition coefficient (Wildman–Crippen LogP) is 3.27. The molecule has 28 heavy (non-hydrogen) atoms. The number of anilines is 1. The lowest BCUT2D eigenvalue weighted by Crippen LogP contribution is -2.39. The van der Waals surface area contributed by atoms with Crippen molar-refractivity contribution in [1.29, 1.82) is 0 Å². The van der Waals surface area contributed by atoms with Crippen molar-refractivity contribution < 1.29 is 13.9 Å². The highest BCUT2D eigenvalue weighted by molar-refractivity contribution is 5.60. The Morgan fingerprint density at radius 1 is 1.18 bits per heavy atom. The second-order valence-corrected chi connectivity index (χ2v) is 7.05. The molecule has 1 aliphatic heterocycles. The number of rotatable bonds is 5. The summed E-state index contributed by atoms with van der Waals surface area (Å²) in [6.07, 6.45) is 5.28. The molecular formula is C20H24FN5O2. The average molecular weight is 385 g/mol. The summed E-state index contributed by atoms with van der Waals surface area (Å²) in [5.41, 5.74) is 3.25.